The second-order valence-corrected chi connectivity index (χ2v) is 4.86. The zero-order valence-corrected chi connectivity index (χ0v) is 11.6. The second-order valence-electron chi connectivity index (χ2n) is 4.46. The van der Waals surface area contributed by atoms with Crippen LogP contribution in [0.3, 0.4) is 0 Å². The molecule has 3 rings (SSSR count). The van der Waals surface area contributed by atoms with Crippen LogP contribution in [-0.4, -0.2) is 10.1 Å². The Morgan fingerprint density at radius 3 is 2.76 bits per heavy atom. The number of aromatic nitrogens is 1. The lowest BCUT2D eigenvalue weighted by molar-refractivity contribution is 0.274. The topological polar surface area (TPSA) is 42.4 Å². The maximum atomic E-state index is 13.9. The summed E-state index contributed by atoms with van der Waals surface area (Å²) in [4.78, 5) is 4.32. The molecule has 0 aliphatic carbocycles. The highest BCUT2D eigenvalue weighted by Gasteiger charge is 2.13. The standard InChI is InChI=1S/C16H11ClFNO2/c17-12-5-3-7-14(15(12)18)21-16-11(9-20)8-10-4-1-2-6-13(10)19-16/h1-8,20H,9H2. The molecule has 0 saturated carbocycles. The molecule has 1 N–H and O–H groups in total. The van der Waals surface area contributed by atoms with E-state index in [0.29, 0.717) is 11.1 Å². The Morgan fingerprint density at radius 1 is 1.14 bits per heavy atom. The van der Waals surface area contributed by atoms with E-state index >= 15 is 0 Å². The van der Waals surface area contributed by atoms with E-state index in [4.69, 9.17) is 16.3 Å². The second kappa shape index (κ2) is 5.68. The molecule has 0 spiro atoms. The fraction of sp³-hybridized carbons (Fsp3) is 0.0625. The first-order chi connectivity index (χ1) is 10.2. The third-order valence-electron chi connectivity index (χ3n) is 3.06. The largest absolute Gasteiger partial charge is 0.435 e. The molecule has 1 aromatic heterocycles. The van der Waals surface area contributed by atoms with E-state index in [2.05, 4.69) is 4.98 Å². The first kappa shape index (κ1) is 13.8. The smallest absolute Gasteiger partial charge is 0.225 e. The average molecular weight is 304 g/mol. The van der Waals surface area contributed by atoms with Gasteiger partial charge in [0.1, 0.15) is 0 Å². The number of benzene rings is 2. The van der Waals surface area contributed by atoms with Gasteiger partial charge in [-0.25, -0.2) is 9.37 Å². The van der Waals surface area contributed by atoms with Crippen molar-refractivity contribution in [1.29, 1.82) is 0 Å². The molecule has 3 nitrogen and oxygen atoms in total. The number of aliphatic hydroxyl groups excluding tert-OH is 1. The maximum Gasteiger partial charge on any atom is 0.225 e. The summed E-state index contributed by atoms with van der Waals surface area (Å²) in [5.41, 5.74) is 1.18. The molecule has 0 aliphatic rings. The molecular formula is C16H11ClFNO2. The monoisotopic (exact) mass is 303 g/mol. The number of pyridine rings is 1. The molecule has 0 saturated heterocycles. The van der Waals surface area contributed by atoms with E-state index in [1.54, 1.807) is 12.1 Å². The summed E-state index contributed by atoms with van der Waals surface area (Å²) in [7, 11) is 0. The van der Waals surface area contributed by atoms with Gasteiger partial charge in [-0.1, -0.05) is 35.9 Å². The van der Waals surface area contributed by atoms with Crippen molar-refractivity contribution in [3.8, 4) is 11.6 Å². The molecule has 0 aliphatic heterocycles. The molecule has 0 bridgehead atoms. The van der Waals surface area contributed by atoms with Gasteiger partial charge in [0.15, 0.2) is 11.6 Å². The highest BCUT2D eigenvalue weighted by molar-refractivity contribution is 6.30. The van der Waals surface area contributed by atoms with Gasteiger partial charge in [0, 0.05) is 10.9 Å². The summed E-state index contributed by atoms with van der Waals surface area (Å²) in [6.07, 6.45) is 0. The van der Waals surface area contributed by atoms with Crippen molar-refractivity contribution in [2.24, 2.45) is 0 Å². The van der Waals surface area contributed by atoms with Crippen LogP contribution < -0.4 is 4.74 Å². The zero-order chi connectivity index (χ0) is 14.8. The van der Waals surface area contributed by atoms with E-state index in [9.17, 15) is 9.50 Å². The van der Waals surface area contributed by atoms with Gasteiger partial charge in [-0.15, -0.1) is 0 Å². The van der Waals surface area contributed by atoms with Gasteiger partial charge < -0.3 is 9.84 Å². The van der Waals surface area contributed by atoms with Gasteiger partial charge in [-0.2, -0.15) is 0 Å². The highest BCUT2D eigenvalue weighted by Crippen LogP contribution is 2.31. The van der Waals surface area contributed by atoms with Crippen LogP contribution in [0.5, 0.6) is 11.6 Å². The molecule has 3 aromatic rings. The molecule has 21 heavy (non-hydrogen) atoms. The Morgan fingerprint density at radius 2 is 1.95 bits per heavy atom. The van der Waals surface area contributed by atoms with Crippen molar-refractivity contribution in [1.82, 2.24) is 4.98 Å². The highest BCUT2D eigenvalue weighted by atomic mass is 35.5. The molecule has 2 aromatic carbocycles. The van der Waals surface area contributed by atoms with Gasteiger partial charge >= 0.3 is 0 Å². The molecule has 0 fully saturated rings. The minimum absolute atomic E-state index is 0.0278. The summed E-state index contributed by atoms with van der Waals surface area (Å²) in [5, 5.41) is 10.3. The van der Waals surface area contributed by atoms with Crippen LogP contribution in [0.4, 0.5) is 4.39 Å². The average Bonchev–Trinajstić information content (AvgIpc) is 2.51. The van der Waals surface area contributed by atoms with E-state index in [0.717, 1.165) is 5.39 Å². The van der Waals surface area contributed by atoms with Crippen molar-refractivity contribution in [3.05, 3.63) is 64.9 Å². The van der Waals surface area contributed by atoms with Crippen molar-refractivity contribution in [2.75, 3.05) is 0 Å². The lowest BCUT2D eigenvalue weighted by atomic mass is 10.1. The first-order valence-corrected chi connectivity index (χ1v) is 6.68. The number of hydrogen-bond donors (Lipinski definition) is 1. The fourth-order valence-electron chi connectivity index (χ4n) is 2.01. The van der Waals surface area contributed by atoms with Gasteiger partial charge in [0.2, 0.25) is 5.88 Å². The Balaban J connectivity index is 2.09. The Hall–Kier alpha value is -2.17. The Labute approximate surface area is 125 Å². The third kappa shape index (κ3) is 2.68. The van der Waals surface area contributed by atoms with Crippen LogP contribution in [0.2, 0.25) is 5.02 Å². The summed E-state index contributed by atoms with van der Waals surface area (Å²) >= 11 is 5.72. The van der Waals surface area contributed by atoms with Gasteiger partial charge in [0.05, 0.1) is 17.1 Å². The SMILES string of the molecule is OCc1cc2ccccc2nc1Oc1cccc(Cl)c1F. The summed E-state index contributed by atoms with van der Waals surface area (Å²) in [5.74, 6) is -0.518. The van der Waals surface area contributed by atoms with Crippen molar-refractivity contribution in [2.45, 2.75) is 6.61 Å². The Kier molecular flexibility index (Phi) is 3.73. The number of hydrogen-bond acceptors (Lipinski definition) is 3. The predicted molar refractivity (Wildman–Crippen MR) is 79.1 cm³/mol. The lowest BCUT2D eigenvalue weighted by Crippen LogP contribution is -1.97. The van der Waals surface area contributed by atoms with Crippen molar-refractivity contribution >= 4 is 22.5 Å². The third-order valence-corrected chi connectivity index (χ3v) is 3.35. The van der Waals surface area contributed by atoms with Gasteiger partial charge in [-0.3, -0.25) is 0 Å². The molecule has 0 atom stereocenters. The van der Waals surface area contributed by atoms with Crippen LogP contribution in [0.15, 0.2) is 48.5 Å². The van der Waals surface area contributed by atoms with E-state index in [1.165, 1.54) is 12.1 Å². The van der Waals surface area contributed by atoms with E-state index in [1.807, 2.05) is 24.3 Å². The summed E-state index contributed by atoms with van der Waals surface area (Å²) < 4.78 is 19.4. The van der Waals surface area contributed by atoms with Crippen LogP contribution >= 0.6 is 11.6 Å². The molecule has 5 heteroatoms. The number of halogens is 2. The molecule has 106 valence electrons. The number of ether oxygens (including phenoxy) is 1. The molecule has 0 radical (unpaired) electrons. The van der Waals surface area contributed by atoms with Crippen LogP contribution in [0, 0.1) is 5.82 Å². The van der Waals surface area contributed by atoms with Crippen LogP contribution in [0.1, 0.15) is 5.56 Å². The zero-order valence-electron chi connectivity index (χ0n) is 10.9. The van der Waals surface area contributed by atoms with Crippen molar-refractivity contribution < 1.29 is 14.2 Å². The van der Waals surface area contributed by atoms with Crippen LogP contribution in [0.25, 0.3) is 10.9 Å². The number of fused-ring (bicyclic) bond motifs is 1. The minimum atomic E-state index is -0.655. The number of nitrogens with zero attached hydrogens (tertiary/aromatic N) is 1. The quantitative estimate of drug-likeness (QED) is 0.784. The number of rotatable bonds is 3. The predicted octanol–water partition coefficient (Wildman–Crippen LogP) is 4.31. The van der Waals surface area contributed by atoms with Crippen molar-refractivity contribution in [3.63, 3.8) is 0 Å². The fourth-order valence-corrected chi connectivity index (χ4v) is 2.18. The van der Waals surface area contributed by atoms with Gasteiger partial charge in [0.25, 0.3) is 0 Å². The van der Waals surface area contributed by atoms with E-state index < -0.39 is 5.82 Å². The van der Waals surface area contributed by atoms with Gasteiger partial charge in [-0.05, 0) is 24.3 Å². The van der Waals surface area contributed by atoms with E-state index in [-0.39, 0.29) is 23.3 Å². The maximum absolute atomic E-state index is 13.9. The first-order valence-electron chi connectivity index (χ1n) is 6.30. The molecular weight excluding hydrogens is 293 g/mol. The lowest BCUT2D eigenvalue weighted by Gasteiger charge is -2.11. The number of para-hydroxylation sites is 1. The minimum Gasteiger partial charge on any atom is -0.435 e. The molecule has 0 unspecified atom stereocenters. The normalized spacial score (nSPS) is 10.8. The summed E-state index contributed by atoms with van der Waals surface area (Å²) in [6, 6.07) is 13.7. The number of aliphatic hydroxyl groups is 1. The molecule has 0 amide bonds. The van der Waals surface area contributed by atoms with Crippen LogP contribution in [-0.2, 0) is 6.61 Å². The Bertz CT molecular complexity index is 807. The molecule has 1 heterocycles. The summed E-state index contributed by atoms with van der Waals surface area (Å²) in [6.45, 7) is -0.255.